The van der Waals surface area contributed by atoms with Gasteiger partial charge in [-0.15, -0.1) is 0 Å². The van der Waals surface area contributed by atoms with Crippen molar-refractivity contribution >= 4 is 23.0 Å². The molecule has 104 valence electrons. The molecule has 2 rings (SSSR count). The van der Waals surface area contributed by atoms with Crippen molar-refractivity contribution < 1.29 is 14.1 Å². The lowest BCUT2D eigenvalue weighted by Crippen LogP contribution is -2.00. The first-order valence-corrected chi connectivity index (χ1v) is 5.96. The van der Waals surface area contributed by atoms with Crippen LogP contribution in [0.5, 0.6) is 5.75 Å². The smallest absolute Gasteiger partial charge is 0.292 e. The summed E-state index contributed by atoms with van der Waals surface area (Å²) in [5.74, 6) is -0.169. The minimum absolute atomic E-state index is 0.0502. The summed E-state index contributed by atoms with van der Waals surface area (Å²) in [6.45, 7) is 0.0864. The van der Waals surface area contributed by atoms with Crippen LogP contribution in [0.2, 0.25) is 5.02 Å². The molecular weight excluding hydrogens is 287 g/mol. The summed E-state index contributed by atoms with van der Waals surface area (Å²) in [4.78, 5) is 10.2. The van der Waals surface area contributed by atoms with Gasteiger partial charge in [-0.2, -0.15) is 0 Å². The third-order valence-electron chi connectivity index (χ3n) is 2.59. The summed E-state index contributed by atoms with van der Waals surface area (Å²) in [6, 6.07) is 8.33. The van der Waals surface area contributed by atoms with E-state index < -0.39 is 10.7 Å². The molecule has 0 atom stereocenters. The van der Waals surface area contributed by atoms with Gasteiger partial charge in [0.1, 0.15) is 23.9 Å². The van der Waals surface area contributed by atoms with E-state index in [1.54, 1.807) is 6.07 Å². The molecule has 2 aromatic rings. The molecule has 0 heterocycles. The summed E-state index contributed by atoms with van der Waals surface area (Å²) in [5, 5.41) is 10.7. The fourth-order valence-corrected chi connectivity index (χ4v) is 1.74. The highest BCUT2D eigenvalue weighted by Gasteiger charge is 2.12. The van der Waals surface area contributed by atoms with E-state index in [0.717, 1.165) is 0 Å². The number of hydrogen-bond donors (Lipinski definition) is 1. The van der Waals surface area contributed by atoms with E-state index in [1.807, 2.05) is 0 Å². The minimum Gasteiger partial charge on any atom is -0.489 e. The highest BCUT2D eigenvalue weighted by atomic mass is 35.5. The molecule has 5 nitrogen and oxygen atoms in total. The van der Waals surface area contributed by atoms with Crippen LogP contribution in [0.4, 0.5) is 15.8 Å². The van der Waals surface area contributed by atoms with Crippen LogP contribution in [0.15, 0.2) is 36.4 Å². The predicted molar refractivity (Wildman–Crippen MR) is 73.3 cm³/mol. The van der Waals surface area contributed by atoms with Crippen molar-refractivity contribution in [2.24, 2.45) is 0 Å². The maximum absolute atomic E-state index is 13.0. The van der Waals surface area contributed by atoms with Crippen molar-refractivity contribution in [3.05, 3.63) is 62.9 Å². The lowest BCUT2D eigenvalue weighted by molar-refractivity contribution is -0.384. The Kier molecular flexibility index (Phi) is 4.05. The summed E-state index contributed by atoms with van der Waals surface area (Å²) < 4.78 is 18.4. The molecule has 7 heteroatoms. The van der Waals surface area contributed by atoms with Crippen LogP contribution in [0, 0.1) is 15.9 Å². The van der Waals surface area contributed by atoms with Crippen LogP contribution in [0.1, 0.15) is 5.56 Å². The molecule has 0 radical (unpaired) electrons. The van der Waals surface area contributed by atoms with Gasteiger partial charge >= 0.3 is 0 Å². The predicted octanol–water partition coefficient (Wildman–Crippen LogP) is 3.55. The monoisotopic (exact) mass is 296 g/mol. The Labute approximate surface area is 118 Å². The second kappa shape index (κ2) is 5.75. The van der Waals surface area contributed by atoms with E-state index in [2.05, 4.69) is 0 Å². The molecule has 0 aliphatic carbocycles. The SMILES string of the molecule is Nc1ccc(COc2ccc(F)c(Cl)c2)cc1[N+](=O)[O-]. The first-order valence-electron chi connectivity index (χ1n) is 5.58. The molecule has 0 aliphatic rings. The number of ether oxygens (including phenoxy) is 1. The van der Waals surface area contributed by atoms with Crippen molar-refractivity contribution in [2.75, 3.05) is 5.73 Å². The molecule has 0 saturated carbocycles. The molecule has 0 aliphatic heterocycles. The normalized spacial score (nSPS) is 10.3. The van der Waals surface area contributed by atoms with E-state index in [1.165, 1.54) is 30.3 Å². The van der Waals surface area contributed by atoms with Gasteiger partial charge in [0.2, 0.25) is 0 Å². The first-order chi connectivity index (χ1) is 9.47. The zero-order chi connectivity index (χ0) is 14.7. The van der Waals surface area contributed by atoms with Crippen LogP contribution in [0.3, 0.4) is 0 Å². The van der Waals surface area contributed by atoms with Crippen molar-refractivity contribution in [2.45, 2.75) is 6.61 Å². The lowest BCUT2D eigenvalue weighted by atomic mass is 10.2. The Morgan fingerprint density at radius 1 is 1.30 bits per heavy atom. The number of rotatable bonds is 4. The number of hydrogen-bond acceptors (Lipinski definition) is 4. The summed E-state index contributed by atoms with van der Waals surface area (Å²) in [5.41, 5.74) is 5.98. The number of halogens is 2. The Balaban J connectivity index is 2.12. The number of anilines is 1. The second-order valence-electron chi connectivity index (χ2n) is 4.01. The van der Waals surface area contributed by atoms with Crippen molar-refractivity contribution in [1.82, 2.24) is 0 Å². The quantitative estimate of drug-likeness (QED) is 0.531. The highest BCUT2D eigenvalue weighted by Crippen LogP contribution is 2.25. The molecular formula is C13H10ClFN2O3. The van der Waals surface area contributed by atoms with E-state index in [4.69, 9.17) is 22.1 Å². The number of nitrogens with two attached hydrogens (primary N) is 1. The number of nitrogens with zero attached hydrogens (tertiary/aromatic N) is 1. The third-order valence-corrected chi connectivity index (χ3v) is 2.88. The average Bonchev–Trinajstić information content (AvgIpc) is 2.41. The molecule has 2 aromatic carbocycles. The van der Waals surface area contributed by atoms with Gasteiger partial charge in [0.15, 0.2) is 0 Å². The Morgan fingerprint density at radius 2 is 2.05 bits per heavy atom. The fourth-order valence-electron chi connectivity index (χ4n) is 1.57. The second-order valence-corrected chi connectivity index (χ2v) is 4.42. The van der Waals surface area contributed by atoms with E-state index in [0.29, 0.717) is 11.3 Å². The zero-order valence-corrected chi connectivity index (χ0v) is 10.9. The molecule has 0 amide bonds. The number of benzene rings is 2. The molecule has 0 fully saturated rings. The molecule has 0 saturated heterocycles. The topological polar surface area (TPSA) is 78.4 Å². The van der Waals surface area contributed by atoms with E-state index >= 15 is 0 Å². The van der Waals surface area contributed by atoms with Crippen LogP contribution in [-0.4, -0.2) is 4.92 Å². The van der Waals surface area contributed by atoms with Gasteiger partial charge in [0.05, 0.1) is 9.95 Å². The van der Waals surface area contributed by atoms with Gasteiger partial charge in [-0.3, -0.25) is 10.1 Å². The van der Waals surface area contributed by atoms with Crippen LogP contribution in [0.25, 0.3) is 0 Å². The Morgan fingerprint density at radius 3 is 2.70 bits per heavy atom. The standard InChI is InChI=1S/C13H10ClFN2O3/c14-10-6-9(2-3-11(10)15)20-7-8-1-4-12(16)13(5-8)17(18)19/h1-6H,7,16H2. The molecule has 0 aromatic heterocycles. The van der Waals surface area contributed by atoms with Gasteiger partial charge in [-0.1, -0.05) is 17.7 Å². The largest absolute Gasteiger partial charge is 0.489 e. The van der Waals surface area contributed by atoms with E-state index in [-0.39, 0.29) is 23.0 Å². The van der Waals surface area contributed by atoms with Crippen LogP contribution in [-0.2, 0) is 6.61 Å². The third kappa shape index (κ3) is 3.16. The number of nitro benzene ring substituents is 1. The number of nitro groups is 1. The van der Waals surface area contributed by atoms with Crippen molar-refractivity contribution in [3.63, 3.8) is 0 Å². The zero-order valence-electron chi connectivity index (χ0n) is 10.2. The van der Waals surface area contributed by atoms with Gasteiger partial charge in [0.25, 0.3) is 5.69 Å². The van der Waals surface area contributed by atoms with Gasteiger partial charge < -0.3 is 10.5 Å². The van der Waals surface area contributed by atoms with Crippen molar-refractivity contribution in [3.8, 4) is 5.75 Å². The highest BCUT2D eigenvalue weighted by molar-refractivity contribution is 6.30. The lowest BCUT2D eigenvalue weighted by Gasteiger charge is -2.07. The van der Waals surface area contributed by atoms with E-state index in [9.17, 15) is 14.5 Å². The van der Waals surface area contributed by atoms with Crippen molar-refractivity contribution in [1.29, 1.82) is 0 Å². The molecule has 0 unspecified atom stereocenters. The van der Waals surface area contributed by atoms with Gasteiger partial charge in [-0.25, -0.2) is 4.39 Å². The maximum atomic E-state index is 13.0. The average molecular weight is 297 g/mol. The summed E-state index contributed by atoms with van der Waals surface area (Å²) in [6.07, 6.45) is 0. The Bertz CT molecular complexity index is 664. The molecule has 0 bridgehead atoms. The molecule has 0 spiro atoms. The molecule has 20 heavy (non-hydrogen) atoms. The minimum atomic E-state index is -0.562. The first kappa shape index (κ1) is 14.1. The fraction of sp³-hybridized carbons (Fsp3) is 0.0769. The molecule has 2 N–H and O–H groups in total. The van der Waals surface area contributed by atoms with Crippen LogP contribution < -0.4 is 10.5 Å². The van der Waals surface area contributed by atoms with Crippen LogP contribution >= 0.6 is 11.6 Å². The summed E-state index contributed by atoms with van der Waals surface area (Å²) >= 11 is 5.62. The Hall–Kier alpha value is -2.34. The van der Waals surface area contributed by atoms with Gasteiger partial charge in [-0.05, 0) is 23.8 Å². The van der Waals surface area contributed by atoms with Gasteiger partial charge in [0, 0.05) is 12.1 Å². The maximum Gasteiger partial charge on any atom is 0.292 e. The summed E-state index contributed by atoms with van der Waals surface area (Å²) in [7, 11) is 0. The number of nitrogen functional groups attached to an aromatic ring is 1.